The predicted octanol–water partition coefficient (Wildman–Crippen LogP) is 1.84. The van der Waals surface area contributed by atoms with Crippen molar-refractivity contribution in [2.75, 3.05) is 13.1 Å². The van der Waals surface area contributed by atoms with Gasteiger partial charge in [0.05, 0.1) is 5.52 Å². The highest BCUT2D eigenvalue weighted by Crippen LogP contribution is 2.29. The van der Waals surface area contributed by atoms with E-state index in [0.717, 1.165) is 35.2 Å². The number of H-pyrrole nitrogens is 1. The van der Waals surface area contributed by atoms with Crippen molar-refractivity contribution in [3.63, 3.8) is 0 Å². The van der Waals surface area contributed by atoms with Gasteiger partial charge >= 0.3 is 0 Å². The Bertz CT molecular complexity index is 1010. The molecule has 1 fully saturated rings. The maximum atomic E-state index is 12.5. The Morgan fingerprint density at radius 1 is 1.29 bits per heavy atom. The summed E-state index contributed by atoms with van der Waals surface area (Å²) in [6.07, 6.45) is 3.39. The van der Waals surface area contributed by atoms with Crippen LogP contribution in [0.3, 0.4) is 0 Å². The second kappa shape index (κ2) is 7.38. The maximum Gasteiger partial charge on any atom is 0.274 e. The molecule has 1 saturated heterocycles. The maximum absolute atomic E-state index is 12.5. The molecule has 0 atom stereocenters. The number of amides is 2. The van der Waals surface area contributed by atoms with Gasteiger partial charge in [-0.2, -0.15) is 5.10 Å². The highest BCUT2D eigenvalue weighted by Gasteiger charge is 2.26. The van der Waals surface area contributed by atoms with Crippen LogP contribution in [-0.4, -0.2) is 50.7 Å². The summed E-state index contributed by atoms with van der Waals surface area (Å²) in [5.41, 5.74) is 7.56. The third-order valence-electron chi connectivity index (χ3n) is 5.05. The molecular formula is C20H23N5O3. The van der Waals surface area contributed by atoms with Gasteiger partial charge in [-0.1, -0.05) is 6.07 Å². The molecule has 0 saturated carbocycles. The average Bonchev–Trinajstić information content (AvgIpc) is 3.29. The van der Waals surface area contributed by atoms with Crippen molar-refractivity contribution in [2.45, 2.75) is 32.4 Å². The quantitative estimate of drug-likeness (QED) is 0.703. The van der Waals surface area contributed by atoms with Crippen LogP contribution in [0, 0.1) is 6.92 Å². The molecule has 3 N–H and O–H groups in total. The number of aryl methyl sites for hydroxylation is 1. The number of nitrogens with one attached hydrogen (secondary N) is 1. The van der Waals surface area contributed by atoms with Gasteiger partial charge in [-0.15, -0.1) is 0 Å². The largest absolute Gasteiger partial charge is 0.490 e. The Morgan fingerprint density at radius 3 is 2.75 bits per heavy atom. The molecule has 8 heteroatoms. The van der Waals surface area contributed by atoms with Crippen molar-refractivity contribution in [3.05, 3.63) is 47.9 Å². The minimum atomic E-state index is -0.382. The average molecular weight is 381 g/mol. The number of aromatic nitrogens is 3. The first-order valence-electron chi connectivity index (χ1n) is 9.35. The van der Waals surface area contributed by atoms with Gasteiger partial charge in [-0.3, -0.25) is 14.7 Å². The van der Waals surface area contributed by atoms with E-state index in [1.165, 1.54) is 0 Å². The number of likely N-dealkylation sites (tertiary alicyclic amines) is 1. The van der Waals surface area contributed by atoms with E-state index in [-0.39, 0.29) is 24.5 Å². The standard InChI is InChI=1S/C20H23N5O3/c1-13-11-16(23-22-13)20(27)24-8-5-14(6-9-24)28-18-4-2-3-17-15(18)7-10-25(17)12-19(21)26/h2-4,7,10-11,14H,5-6,8-9,12H2,1H3,(H2,21,26)(H,22,23). The molecule has 3 heterocycles. The molecule has 1 aromatic carbocycles. The van der Waals surface area contributed by atoms with E-state index < -0.39 is 0 Å². The van der Waals surface area contributed by atoms with Crippen LogP contribution < -0.4 is 10.5 Å². The molecule has 2 amide bonds. The van der Waals surface area contributed by atoms with Gasteiger partial charge in [-0.25, -0.2) is 0 Å². The lowest BCUT2D eigenvalue weighted by atomic mass is 10.1. The number of rotatable bonds is 5. The molecule has 3 aromatic rings. The van der Waals surface area contributed by atoms with Crippen molar-refractivity contribution < 1.29 is 14.3 Å². The molecule has 146 valence electrons. The first kappa shape index (κ1) is 18.1. The normalized spacial score (nSPS) is 15.1. The summed E-state index contributed by atoms with van der Waals surface area (Å²) in [5.74, 6) is 0.356. The molecule has 0 radical (unpaired) electrons. The summed E-state index contributed by atoms with van der Waals surface area (Å²) in [7, 11) is 0. The molecular weight excluding hydrogens is 358 g/mol. The number of nitrogens with two attached hydrogens (primary N) is 1. The number of fused-ring (bicyclic) bond motifs is 1. The van der Waals surface area contributed by atoms with Crippen molar-refractivity contribution in [1.29, 1.82) is 0 Å². The van der Waals surface area contributed by atoms with Crippen LogP contribution in [0.1, 0.15) is 29.0 Å². The summed E-state index contributed by atoms with van der Waals surface area (Å²) in [4.78, 5) is 25.6. The smallest absolute Gasteiger partial charge is 0.274 e. The zero-order valence-electron chi connectivity index (χ0n) is 15.7. The SMILES string of the molecule is Cc1cc(C(=O)N2CCC(Oc3cccc4c3ccn4CC(N)=O)CC2)n[nH]1. The minimum Gasteiger partial charge on any atom is -0.490 e. The van der Waals surface area contributed by atoms with Crippen molar-refractivity contribution >= 4 is 22.7 Å². The first-order valence-corrected chi connectivity index (χ1v) is 9.35. The third kappa shape index (κ3) is 3.58. The zero-order chi connectivity index (χ0) is 19.7. The van der Waals surface area contributed by atoms with E-state index in [1.54, 1.807) is 6.07 Å². The van der Waals surface area contributed by atoms with Crippen LogP contribution >= 0.6 is 0 Å². The molecule has 2 aromatic heterocycles. The molecule has 0 unspecified atom stereocenters. The summed E-state index contributed by atoms with van der Waals surface area (Å²) in [6, 6.07) is 9.49. The number of ether oxygens (including phenoxy) is 1. The van der Waals surface area contributed by atoms with Gasteiger partial charge in [0, 0.05) is 43.2 Å². The van der Waals surface area contributed by atoms with Gasteiger partial charge in [0.1, 0.15) is 24.1 Å². The highest BCUT2D eigenvalue weighted by atomic mass is 16.5. The Morgan fingerprint density at radius 2 is 2.07 bits per heavy atom. The highest BCUT2D eigenvalue weighted by molar-refractivity contribution is 5.92. The van der Waals surface area contributed by atoms with Crippen LogP contribution in [0.4, 0.5) is 0 Å². The molecule has 0 bridgehead atoms. The van der Waals surface area contributed by atoms with Crippen LogP contribution in [-0.2, 0) is 11.3 Å². The van der Waals surface area contributed by atoms with Crippen molar-refractivity contribution in [3.8, 4) is 5.75 Å². The van der Waals surface area contributed by atoms with Crippen LogP contribution in [0.15, 0.2) is 36.5 Å². The van der Waals surface area contributed by atoms with E-state index in [4.69, 9.17) is 10.5 Å². The Kier molecular flexibility index (Phi) is 4.77. The van der Waals surface area contributed by atoms with E-state index >= 15 is 0 Å². The fourth-order valence-electron chi connectivity index (χ4n) is 3.65. The van der Waals surface area contributed by atoms with E-state index in [2.05, 4.69) is 10.2 Å². The lowest BCUT2D eigenvalue weighted by Gasteiger charge is -2.32. The number of primary amides is 1. The molecule has 1 aliphatic heterocycles. The third-order valence-corrected chi connectivity index (χ3v) is 5.05. The summed E-state index contributed by atoms with van der Waals surface area (Å²) in [5, 5.41) is 7.81. The monoisotopic (exact) mass is 381 g/mol. The number of benzene rings is 1. The summed E-state index contributed by atoms with van der Waals surface area (Å²) in [6.45, 7) is 3.28. The van der Waals surface area contributed by atoms with Gasteiger partial charge in [0.25, 0.3) is 5.91 Å². The second-order valence-electron chi connectivity index (χ2n) is 7.14. The van der Waals surface area contributed by atoms with E-state index in [0.29, 0.717) is 18.8 Å². The number of hydrogen-bond acceptors (Lipinski definition) is 4. The lowest BCUT2D eigenvalue weighted by molar-refractivity contribution is -0.118. The van der Waals surface area contributed by atoms with Crippen molar-refractivity contribution in [2.24, 2.45) is 5.73 Å². The van der Waals surface area contributed by atoms with Crippen LogP contribution in [0.5, 0.6) is 5.75 Å². The lowest BCUT2D eigenvalue weighted by Crippen LogP contribution is -2.41. The fraction of sp³-hybridized carbons (Fsp3) is 0.350. The summed E-state index contributed by atoms with van der Waals surface area (Å²) < 4.78 is 8.05. The molecule has 4 rings (SSSR count). The zero-order valence-corrected chi connectivity index (χ0v) is 15.7. The van der Waals surface area contributed by atoms with E-state index in [9.17, 15) is 9.59 Å². The number of nitrogens with zero attached hydrogens (tertiary/aromatic N) is 3. The Balaban J connectivity index is 1.42. The van der Waals surface area contributed by atoms with Crippen LogP contribution in [0.25, 0.3) is 10.9 Å². The Hall–Kier alpha value is -3.29. The van der Waals surface area contributed by atoms with Gasteiger partial charge in [-0.05, 0) is 31.2 Å². The molecule has 0 spiro atoms. The number of carbonyl (C=O) groups excluding carboxylic acids is 2. The van der Waals surface area contributed by atoms with Crippen molar-refractivity contribution in [1.82, 2.24) is 19.7 Å². The van der Waals surface area contributed by atoms with Crippen LogP contribution in [0.2, 0.25) is 0 Å². The number of aromatic amines is 1. The van der Waals surface area contributed by atoms with Gasteiger partial charge in [0.2, 0.25) is 5.91 Å². The summed E-state index contributed by atoms with van der Waals surface area (Å²) >= 11 is 0. The minimum absolute atomic E-state index is 0.0371. The number of carbonyl (C=O) groups is 2. The van der Waals surface area contributed by atoms with Gasteiger partial charge in [0.15, 0.2) is 0 Å². The molecule has 1 aliphatic rings. The number of piperidine rings is 1. The van der Waals surface area contributed by atoms with Gasteiger partial charge < -0.3 is 19.9 Å². The fourth-order valence-corrected chi connectivity index (χ4v) is 3.65. The molecule has 28 heavy (non-hydrogen) atoms. The number of hydrogen-bond donors (Lipinski definition) is 2. The van der Waals surface area contributed by atoms with E-state index in [1.807, 2.05) is 46.9 Å². The second-order valence-corrected chi connectivity index (χ2v) is 7.14. The Labute approximate surface area is 162 Å². The molecule has 8 nitrogen and oxygen atoms in total. The first-order chi connectivity index (χ1) is 13.5. The predicted molar refractivity (Wildman–Crippen MR) is 104 cm³/mol. The topological polar surface area (TPSA) is 106 Å². The molecule has 0 aliphatic carbocycles.